The highest BCUT2D eigenvalue weighted by atomic mass is 19.4. The molecule has 4 aromatic rings. The van der Waals surface area contributed by atoms with Gasteiger partial charge < -0.3 is 0 Å². The van der Waals surface area contributed by atoms with Crippen molar-refractivity contribution in [1.29, 1.82) is 0 Å². The SMILES string of the molecule is FC(F)(F)C(F)(F)C(F)(F)C(F)(F)C(F)(F)C(F)(F)c1nc(-c2ccccc2)c(-c2ccccc2)nc1-c1ccccc1. The molecule has 0 radical (unpaired) electrons. The molecule has 0 saturated heterocycles. The lowest BCUT2D eigenvalue weighted by Crippen LogP contribution is -2.69. The van der Waals surface area contributed by atoms with E-state index in [1.807, 2.05) is 0 Å². The molecular formula is C28H15F13N2. The lowest BCUT2D eigenvalue weighted by Gasteiger charge is -2.39. The summed E-state index contributed by atoms with van der Waals surface area (Å²) in [5.41, 5.74) is -4.99. The fourth-order valence-electron chi connectivity index (χ4n) is 3.96. The lowest BCUT2D eigenvalue weighted by molar-refractivity contribution is -0.442. The molecule has 1 heterocycles. The van der Waals surface area contributed by atoms with Gasteiger partial charge in [0.15, 0.2) is 0 Å². The van der Waals surface area contributed by atoms with Gasteiger partial charge in [0.1, 0.15) is 5.69 Å². The van der Waals surface area contributed by atoms with Gasteiger partial charge >= 0.3 is 35.8 Å². The van der Waals surface area contributed by atoms with Crippen molar-refractivity contribution >= 4 is 0 Å². The Bertz CT molecular complexity index is 1570. The second kappa shape index (κ2) is 10.5. The quantitative estimate of drug-likeness (QED) is 0.182. The maximum absolute atomic E-state index is 15.6. The number of alkyl halides is 13. The Balaban J connectivity index is 2.06. The van der Waals surface area contributed by atoms with E-state index < -0.39 is 58.4 Å². The molecule has 0 saturated carbocycles. The van der Waals surface area contributed by atoms with E-state index in [-0.39, 0.29) is 16.8 Å². The Hall–Kier alpha value is -4.17. The molecule has 43 heavy (non-hydrogen) atoms. The van der Waals surface area contributed by atoms with Crippen molar-refractivity contribution in [2.75, 3.05) is 0 Å². The van der Waals surface area contributed by atoms with Crippen LogP contribution in [0.1, 0.15) is 5.69 Å². The van der Waals surface area contributed by atoms with Crippen molar-refractivity contribution in [3.8, 4) is 33.8 Å². The highest BCUT2D eigenvalue weighted by Gasteiger charge is 2.91. The van der Waals surface area contributed by atoms with Gasteiger partial charge in [0.2, 0.25) is 0 Å². The third-order valence-electron chi connectivity index (χ3n) is 6.27. The number of halogens is 13. The van der Waals surface area contributed by atoms with Crippen LogP contribution in [0.2, 0.25) is 0 Å². The molecule has 0 aliphatic heterocycles. The second-order valence-corrected chi connectivity index (χ2v) is 9.09. The molecule has 228 valence electrons. The number of aromatic nitrogens is 2. The minimum Gasteiger partial charge on any atom is -0.243 e. The first-order chi connectivity index (χ1) is 19.8. The van der Waals surface area contributed by atoms with E-state index in [0.29, 0.717) is 0 Å². The van der Waals surface area contributed by atoms with Crippen LogP contribution in [-0.2, 0) is 5.92 Å². The standard InChI is InChI=1S/C28H15F13N2/c29-23(30,24(31,32)25(33,34)26(35,36)27(37,38)28(39,40)41)22-21(18-14-8-3-9-15-18)42-19(16-10-4-1-5-11-16)20(43-22)17-12-6-2-7-13-17/h1-15H. The van der Waals surface area contributed by atoms with Crippen LogP contribution in [0, 0.1) is 0 Å². The minimum atomic E-state index is -8.04. The zero-order chi connectivity index (χ0) is 32.1. The fourth-order valence-corrected chi connectivity index (χ4v) is 3.96. The fraction of sp³-hybridized carbons (Fsp3) is 0.214. The molecule has 0 spiro atoms. The number of benzene rings is 3. The summed E-state index contributed by atoms with van der Waals surface area (Å²) in [5, 5.41) is 0. The van der Waals surface area contributed by atoms with Crippen molar-refractivity contribution in [3.63, 3.8) is 0 Å². The van der Waals surface area contributed by atoms with Crippen LogP contribution in [0.3, 0.4) is 0 Å². The van der Waals surface area contributed by atoms with Gasteiger partial charge in [-0.2, -0.15) is 57.1 Å². The summed E-state index contributed by atoms with van der Waals surface area (Å²) < 4.78 is 183. The van der Waals surface area contributed by atoms with Gasteiger partial charge in [-0.25, -0.2) is 9.97 Å². The minimum absolute atomic E-state index is 0.102. The van der Waals surface area contributed by atoms with Gasteiger partial charge in [-0.15, -0.1) is 0 Å². The maximum Gasteiger partial charge on any atom is 0.460 e. The third-order valence-corrected chi connectivity index (χ3v) is 6.27. The van der Waals surface area contributed by atoms with E-state index >= 15 is 8.78 Å². The van der Waals surface area contributed by atoms with E-state index in [1.54, 1.807) is 6.07 Å². The molecule has 0 bridgehead atoms. The van der Waals surface area contributed by atoms with Gasteiger partial charge in [0.05, 0.1) is 17.1 Å². The topological polar surface area (TPSA) is 25.8 Å². The van der Waals surface area contributed by atoms with Crippen LogP contribution in [-0.4, -0.2) is 39.8 Å². The third kappa shape index (κ3) is 4.97. The predicted molar refractivity (Wildman–Crippen MR) is 128 cm³/mol. The average Bonchev–Trinajstić information content (AvgIpc) is 2.97. The van der Waals surface area contributed by atoms with Crippen LogP contribution in [0.25, 0.3) is 33.8 Å². The Morgan fingerprint density at radius 2 is 0.674 bits per heavy atom. The normalized spacial score (nSPS) is 13.7. The highest BCUT2D eigenvalue weighted by molar-refractivity contribution is 5.80. The average molecular weight is 626 g/mol. The molecule has 4 rings (SSSR count). The molecule has 3 aromatic carbocycles. The van der Waals surface area contributed by atoms with Gasteiger partial charge in [-0.1, -0.05) is 91.0 Å². The van der Waals surface area contributed by atoms with Crippen LogP contribution in [0.15, 0.2) is 91.0 Å². The summed E-state index contributed by atoms with van der Waals surface area (Å²) in [6.07, 6.45) is -7.52. The smallest absolute Gasteiger partial charge is 0.243 e. The summed E-state index contributed by atoms with van der Waals surface area (Å²) in [7, 11) is 0. The van der Waals surface area contributed by atoms with Crippen LogP contribution < -0.4 is 0 Å². The Kier molecular flexibility index (Phi) is 7.77. The van der Waals surface area contributed by atoms with Gasteiger partial charge in [0, 0.05) is 16.7 Å². The summed E-state index contributed by atoms with van der Waals surface area (Å²) >= 11 is 0. The molecule has 0 unspecified atom stereocenters. The van der Waals surface area contributed by atoms with E-state index in [9.17, 15) is 48.3 Å². The Morgan fingerprint density at radius 1 is 0.349 bits per heavy atom. The van der Waals surface area contributed by atoms with E-state index in [4.69, 9.17) is 0 Å². The van der Waals surface area contributed by atoms with Crippen LogP contribution in [0.5, 0.6) is 0 Å². The summed E-state index contributed by atoms with van der Waals surface area (Å²) in [4.78, 5) is 7.42. The summed E-state index contributed by atoms with van der Waals surface area (Å²) in [6, 6.07) is 19.5. The first-order valence-corrected chi connectivity index (χ1v) is 11.8. The van der Waals surface area contributed by atoms with Crippen molar-refractivity contribution in [3.05, 3.63) is 96.7 Å². The molecule has 0 atom stereocenters. The van der Waals surface area contributed by atoms with E-state index in [0.717, 1.165) is 12.1 Å². The Morgan fingerprint density at radius 3 is 1.05 bits per heavy atom. The number of hydrogen-bond acceptors (Lipinski definition) is 2. The van der Waals surface area contributed by atoms with Gasteiger partial charge in [-0.05, 0) is 0 Å². The number of hydrogen-bond donors (Lipinski definition) is 0. The summed E-state index contributed by atoms with van der Waals surface area (Å²) in [5.74, 6) is -38.1. The molecule has 0 aliphatic carbocycles. The van der Waals surface area contributed by atoms with Crippen LogP contribution >= 0.6 is 0 Å². The molecule has 0 amide bonds. The van der Waals surface area contributed by atoms with E-state index in [1.165, 1.54) is 72.8 Å². The van der Waals surface area contributed by atoms with Crippen LogP contribution in [0.4, 0.5) is 57.1 Å². The molecule has 2 nitrogen and oxygen atoms in total. The zero-order valence-electron chi connectivity index (χ0n) is 21.0. The number of rotatable bonds is 8. The lowest BCUT2D eigenvalue weighted by atomic mass is 9.90. The summed E-state index contributed by atoms with van der Waals surface area (Å²) in [6.45, 7) is 0. The monoisotopic (exact) mass is 626 g/mol. The first-order valence-electron chi connectivity index (χ1n) is 11.8. The molecular weight excluding hydrogens is 611 g/mol. The van der Waals surface area contributed by atoms with Crippen molar-refractivity contribution in [2.24, 2.45) is 0 Å². The van der Waals surface area contributed by atoms with Gasteiger partial charge in [-0.3, -0.25) is 0 Å². The predicted octanol–water partition coefficient (Wildman–Crippen LogP) is 9.67. The maximum atomic E-state index is 15.6. The largest absolute Gasteiger partial charge is 0.460 e. The second-order valence-electron chi connectivity index (χ2n) is 9.09. The molecule has 15 heteroatoms. The molecule has 1 aromatic heterocycles. The van der Waals surface area contributed by atoms with Crippen molar-refractivity contribution < 1.29 is 57.1 Å². The molecule has 0 N–H and O–H groups in total. The van der Waals surface area contributed by atoms with E-state index in [2.05, 4.69) is 9.97 Å². The highest BCUT2D eigenvalue weighted by Crippen LogP contribution is 2.62. The number of nitrogens with zero attached hydrogens (tertiary/aromatic N) is 2. The zero-order valence-corrected chi connectivity index (χ0v) is 21.0. The van der Waals surface area contributed by atoms with Crippen molar-refractivity contribution in [2.45, 2.75) is 35.8 Å². The molecule has 0 fully saturated rings. The first kappa shape index (κ1) is 31.8. The van der Waals surface area contributed by atoms with Gasteiger partial charge in [0.25, 0.3) is 0 Å². The molecule has 0 aliphatic rings. The van der Waals surface area contributed by atoms with Crippen molar-refractivity contribution in [1.82, 2.24) is 9.97 Å². The Labute approximate surface area is 233 Å².